The molecule has 0 saturated heterocycles. The van der Waals surface area contributed by atoms with Gasteiger partial charge in [-0.15, -0.1) is 0 Å². The molecule has 0 atom stereocenters. The van der Waals surface area contributed by atoms with Gasteiger partial charge < -0.3 is 15.4 Å². The lowest BCUT2D eigenvalue weighted by atomic mass is 10.1. The number of nitrogens with zero attached hydrogens (tertiary/aromatic N) is 1. The van der Waals surface area contributed by atoms with E-state index in [1.165, 1.54) is 0 Å². The van der Waals surface area contributed by atoms with Crippen LogP contribution in [0.3, 0.4) is 0 Å². The van der Waals surface area contributed by atoms with E-state index in [9.17, 15) is 4.79 Å². The highest BCUT2D eigenvalue weighted by Gasteiger charge is 2.24. The van der Waals surface area contributed by atoms with Gasteiger partial charge in [0, 0.05) is 13.1 Å². The first-order valence-corrected chi connectivity index (χ1v) is 6.02. The van der Waals surface area contributed by atoms with Gasteiger partial charge in [-0.05, 0) is 24.1 Å². The molecule has 0 fully saturated rings. The molecule has 4 nitrogen and oxygen atoms in total. The monoisotopic (exact) mass is 234 g/mol. The van der Waals surface area contributed by atoms with Gasteiger partial charge in [0.1, 0.15) is 5.75 Å². The van der Waals surface area contributed by atoms with E-state index in [1.807, 2.05) is 23.1 Å². The van der Waals surface area contributed by atoms with Crippen LogP contribution < -0.4 is 15.4 Å². The summed E-state index contributed by atoms with van der Waals surface area (Å²) in [5.74, 6) is 0.804. The topological polar surface area (TPSA) is 55.6 Å². The van der Waals surface area contributed by atoms with Gasteiger partial charge in [-0.1, -0.05) is 19.4 Å². The molecule has 1 aliphatic heterocycles. The summed E-state index contributed by atoms with van der Waals surface area (Å²) in [6.45, 7) is 3.48. The molecule has 92 valence electrons. The predicted molar refractivity (Wildman–Crippen MR) is 67.1 cm³/mol. The number of amides is 1. The minimum Gasteiger partial charge on any atom is -0.482 e. The molecule has 1 aliphatic rings. The van der Waals surface area contributed by atoms with Crippen LogP contribution in [0.15, 0.2) is 18.2 Å². The summed E-state index contributed by atoms with van der Waals surface area (Å²) in [4.78, 5) is 13.6. The molecular formula is C13H18N2O2. The number of benzene rings is 1. The average molecular weight is 234 g/mol. The average Bonchev–Trinajstić information content (AvgIpc) is 2.37. The van der Waals surface area contributed by atoms with Crippen molar-refractivity contribution in [1.82, 2.24) is 0 Å². The van der Waals surface area contributed by atoms with Crippen molar-refractivity contribution < 1.29 is 9.53 Å². The van der Waals surface area contributed by atoms with Crippen LogP contribution >= 0.6 is 0 Å². The largest absolute Gasteiger partial charge is 0.482 e. The van der Waals surface area contributed by atoms with Gasteiger partial charge in [-0.2, -0.15) is 0 Å². The number of unbranched alkanes of at least 4 members (excludes halogenated alkanes) is 1. The first kappa shape index (κ1) is 11.9. The molecule has 0 saturated carbocycles. The van der Waals surface area contributed by atoms with E-state index in [4.69, 9.17) is 10.5 Å². The quantitative estimate of drug-likeness (QED) is 0.862. The zero-order valence-corrected chi connectivity index (χ0v) is 10.1. The Morgan fingerprint density at radius 2 is 2.29 bits per heavy atom. The van der Waals surface area contributed by atoms with E-state index in [1.54, 1.807) is 0 Å². The Kier molecular flexibility index (Phi) is 3.64. The number of hydrogen-bond acceptors (Lipinski definition) is 3. The van der Waals surface area contributed by atoms with Gasteiger partial charge in [-0.25, -0.2) is 0 Å². The zero-order valence-electron chi connectivity index (χ0n) is 10.1. The number of carbonyl (C=O) groups excluding carboxylic acids is 1. The van der Waals surface area contributed by atoms with Crippen LogP contribution in [0.5, 0.6) is 5.75 Å². The van der Waals surface area contributed by atoms with Crippen LogP contribution in [0.2, 0.25) is 0 Å². The van der Waals surface area contributed by atoms with Gasteiger partial charge in [0.25, 0.3) is 5.91 Å². The SMILES string of the molecule is CCCCN1C(=O)COc2ccc(CN)cc21. The van der Waals surface area contributed by atoms with Gasteiger partial charge >= 0.3 is 0 Å². The number of carbonyl (C=O) groups is 1. The van der Waals surface area contributed by atoms with E-state index in [0.29, 0.717) is 6.54 Å². The Morgan fingerprint density at radius 1 is 1.47 bits per heavy atom. The van der Waals surface area contributed by atoms with Crippen molar-refractivity contribution in [2.45, 2.75) is 26.3 Å². The Hall–Kier alpha value is -1.55. The molecule has 0 radical (unpaired) electrons. The third kappa shape index (κ3) is 2.42. The van der Waals surface area contributed by atoms with Gasteiger partial charge in [0.05, 0.1) is 5.69 Å². The zero-order chi connectivity index (χ0) is 12.3. The molecule has 2 N–H and O–H groups in total. The summed E-state index contributed by atoms with van der Waals surface area (Å²) < 4.78 is 5.41. The standard InChI is InChI=1S/C13H18N2O2/c1-2-3-6-15-11-7-10(8-14)4-5-12(11)17-9-13(15)16/h4-5,7H,2-3,6,8-9,14H2,1H3. The summed E-state index contributed by atoms with van der Waals surface area (Å²) in [5.41, 5.74) is 7.50. The summed E-state index contributed by atoms with van der Waals surface area (Å²) in [7, 11) is 0. The highest BCUT2D eigenvalue weighted by Crippen LogP contribution is 2.33. The molecule has 0 aromatic heterocycles. The highest BCUT2D eigenvalue weighted by atomic mass is 16.5. The lowest BCUT2D eigenvalue weighted by molar-refractivity contribution is -0.121. The second-order valence-electron chi connectivity index (χ2n) is 4.19. The summed E-state index contributed by atoms with van der Waals surface area (Å²) in [6.07, 6.45) is 2.06. The van der Waals surface area contributed by atoms with Crippen molar-refractivity contribution in [1.29, 1.82) is 0 Å². The fourth-order valence-corrected chi connectivity index (χ4v) is 1.94. The molecule has 17 heavy (non-hydrogen) atoms. The smallest absolute Gasteiger partial charge is 0.265 e. The van der Waals surface area contributed by atoms with E-state index < -0.39 is 0 Å². The normalized spacial score (nSPS) is 14.5. The van der Waals surface area contributed by atoms with E-state index in [-0.39, 0.29) is 12.5 Å². The van der Waals surface area contributed by atoms with Crippen molar-refractivity contribution >= 4 is 11.6 Å². The molecule has 0 aliphatic carbocycles. The lowest BCUT2D eigenvalue weighted by Crippen LogP contribution is -2.39. The highest BCUT2D eigenvalue weighted by molar-refractivity contribution is 5.97. The molecule has 4 heteroatoms. The van der Waals surface area contributed by atoms with Crippen molar-refractivity contribution in [3.8, 4) is 5.75 Å². The molecule has 1 heterocycles. The van der Waals surface area contributed by atoms with Crippen LogP contribution in [0.25, 0.3) is 0 Å². The molecule has 2 rings (SSSR count). The number of anilines is 1. The van der Waals surface area contributed by atoms with Gasteiger partial charge in [0.2, 0.25) is 0 Å². The minimum atomic E-state index is 0.0279. The molecule has 0 bridgehead atoms. The van der Waals surface area contributed by atoms with Crippen molar-refractivity contribution in [3.63, 3.8) is 0 Å². The number of hydrogen-bond donors (Lipinski definition) is 1. The number of ether oxygens (including phenoxy) is 1. The Labute approximate surface area is 101 Å². The second kappa shape index (κ2) is 5.19. The summed E-state index contributed by atoms with van der Waals surface area (Å²) >= 11 is 0. The molecule has 0 unspecified atom stereocenters. The fraction of sp³-hybridized carbons (Fsp3) is 0.462. The van der Waals surface area contributed by atoms with Crippen LogP contribution in [-0.2, 0) is 11.3 Å². The minimum absolute atomic E-state index is 0.0279. The van der Waals surface area contributed by atoms with E-state index in [2.05, 4.69) is 6.92 Å². The lowest BCUT2D eigenvalue weighted by Gasteiger charge is -2.29. The molecule has 1 aromatic carbocycles. The summed E-state index contributed by atoms with van der Waals surface area (Å²) in [5, 5.41) is 0. The third-order valence-electron chi connectivity index (χ3n) is 2.94. The van der Waals surface area contributed by atoms with Gasteiger partial charge in [-0.3, -0.25) is 4.79 Å². The van der Waals surface area contributed by atoms with E-state index >= 15 is 0 Å². The molecule has 1 amide bonds. The summed E-state index contributed by atoms with van der Waals surface area (Å²) in [6, 6.07) is 5.78. The first-order valence-electron chi connectivity index (χ1n) is 6.02. The second-order valence-corrected chi connectivity index (χ2v) is 4.19. The van der Waals surface area contributed by atoms with E-state index in [0.717, 1.165) is 36.4 Å². The Morgan fingerprint density at radius 3 is 3.00 bits per heavy atom. The van der Waals surface area contributed by atoms with Crippen molar-refractivity contribution in [2.75, 3.05) is 18.1 Å². The molecule has 1 aromatic rings. The number of nitrogens with two attached hydrogens (primary N) is 1. The van der Waals surface area contributed by atoms with Crippen LogP contribution in [0.1, 0.15) is 25.3 Å². The maximum Gasteiger partial charge on any atom is 0.265 e. The number of fused-ring (bicyclic) bond motifs is 1. The third-order valence-corrected chi connectivity index (χ3v) is 2.94. The van der Waals surface area contributed by atoms with Crippen LogP contribution in [-0.4, -0.2) is 19.1 Å². The van der Waals surface area contributed by atoms with Crippen LogP contribution in [0, 0.1) is 0 Å². The maximum absolute atomic E-state index is 11.8. The molecular weight excluding hydrogens is 216 g/mol. The predicted octanol–water partition coefficient (Wildman–Crippen LogP) is 1.67. The first-order chi connectivity index (χ1) is 8.26. The Bertz CT molecular complexity index is 418. The van der Waals surface area contributed by atoms with Crippen molar-refractivity contribution in [3.05, 3.63) is 23.8 Å². The molecule has 0 spiro atoms. The Balaban J connectivity index is 2.31. The number of rotatable bonds is 4. The fourth-order valence-electron chi connectivity index (χ4n) is 1.94. The van der Waals surface area contributed by atoms with Crippen molar-refractivity contribution in [2.24, 2.45) is 5.73 Å². The maximum atomic E-state index is 11.8. The van der Waals surface area contributed by atoms with Gasteiger partial charge in [0.15, 0.2) is 6.61 Å². The van der Waals surface area contributed by atoms with Crippen LogP contribution in [0.4, 0.5) is 5.69 Å².